The molecule has 3 unspecified atom stereocenters. The molecule has 1 N–H and O–H groups in total. The van der Waals surface area contributed by atoms with Gasteiger partial charge >= 0.3 is 0 Å². The van der Waals surface area contributed by atoms with Crippen molar-refractivity contribution in [1.82, 2.24) is 5.32 Å². The number of benzene rings is 1. The summed E-state index contributed by atoms with van der Waals surface area (Å²) < 4.78 is 2.27. The average Bonchev–Trinajstić information content (AvgIpc) is 2.28. The molecule has 0 fully saturated rings. The second kappa shape index (κ2) is 7.66. The molecule has 1 rings (SSSR count). The lowest BCUT2D eigenvalue weighted by Crippen LogP contribution is -2.30. The molecule has 0 spiro atoms. The van der Waals surface area contributed by atoms with E-state index in [2.05, 4.69) is 83.1 Å². The van der Waals surface area contributed by atoms with Crippen molar-refractivity contribution in [3.05, 3.63) is 32.7 Å². The van der Waals surface area contributed by atoms with E-state index < -0.39 is 0 Å². The number of nitrogens with one attached hydrogen (secondary N) is 1. The van der Waals surface area contributed by atoms with Crippen molar-refractivity contribution in [1.29, 1.82) is 0 Å². The first-order valence-electron chi connectivity index (χ1n) is 6.65. The molecule has 0 aliphatic rings. The summed E-state index contributed by atoms with van der Waals surface area (Å²) in [6.45, 7) is 9.07. The lowest BCUT2D eigenvalue weighted by molar-refractivity contribution is 0.385. The Morgan fingerprint density at radius 2 is 1.83 bits per heavy atom. The van der Waals surface area contributed by atoms with Gasteiger partial charge in [-0.25, -0.2) is 0 Å². The van der Waals surface area contributed by atoms with Crippen LogP contribution in [0.15, 0.2) is 27.1 Å². The van der Waals surface area contributed by atoms with E-state index in [-0.39, 0.29) is 0 Å². The second-order valence-electron chi connectivity index (χ2n) is 5.20. The van der Waals surface area contributed by atoms with Gasteiger partial charge < -0.3 is 5.32 Å². The fraction of sp³-hybridized carbons (Fsp3) is 0.600. The zero-order valence-corrected chi connectivity index (χ0v) is 14.8. The maximum atomic E-state index is 3.68. The van der Waals surface area contributed by atoms with Gasteiger partial charge in [0.2, 0.25) is 0 Å². The summed E-state index contributed by atoms with van der Waals surface area (Å²) in [6.07, 6.45) is 2.48. The first-order valence-corrected chi connectivity index (χ1v) is 8.23. The van der Waals surface area contributed by atoms with Crippen LogP contribution in [-0.2, 0) is 0 Å². The van der Waals surface area contributed by atoms with Gasteiger partial charge in [-0.15, -0.1) is 0 Å². The van der Waals surface area contributed by atoms with E-state index >= 15 is 0 Å². The zero-order valence-electron chi connectivity index (χ0n) is 11.6. The van der Waals surface area contributed by atoms with Gasteiger partial charge in [0.25, 0.3) is 0 Å². The first-order chi connectivity index (χ1) is 8.43. The Labute approximate surface area is 128 Å². The van der Waals surface area contributed by atoms with Gasteiger partial charge in [-0.1, -0.05) is 58.2 Å². The standard InChI is InChI=1S/C15H23Br2N/c1-5-10(2)8-11(3)18-12(4)14-7-6-13(16)9-15(14)17/h6-7,9-12,18H,5,8H2,1-4H3. The van der Waals surface area contributed by atoms with Crippen LogP contribution in [0.3, 0.4) is 0 Å². The number of hydrogen-bond acceptors (Lipinski definition) is 1. The summed E-state index contributed by atoms with van der Waals surface area (Å²) in [6, 6.07) is 7.28. The molecule has 0 saturated heterocycles. The molecule has 1 aromatic rings. The minimum atomic E-state index is 0.367. The molecule has 18 heavy (non-hydrogen) atoms. The average molecular weight is 377 g/mol. The molecule has 1 aromatic carbocycles. The summed E-state index contributed by atoms with van der Waals surface area (Å²) in [5, 5.41) is 3.68. The largest absolute Gasteiger partial charge is 0.308 e. The number of rotatable bonds is 6. The van der Waals surface area contributed by atoms with Gasteiger partial charge in [0, 0.05) is 21.0 Å². The van der Waals surface area contributed by atoms with E-state index in [4.69, 9.17) is 0 Å². The van der Waals surface area contributed by atoms with Crippen molar-refractivity contribution < 1.29 is 0 Å². The lowest BCUT2D eigenvalue weighted by atomic mass is 9.99. The van der Waals surface area contributed by atoms with Crippen LogP contribution in [-0.4, -0.2) is 6.04 Å². The molecule has 102 valence electrons. The highest BCUT2D eigenvalue weighted by molar-refractivity contribution is 9.11. The minimum absolute atomic E-state index is 0.367. The zero-order chi connectivity index (χ0) is 13.7. The van der Waals surface area contributed by atoms with Crippen LogP contribution < -0.4 is 5.32 Å². The summed E-state index contributed by atoms with van der Waals surface area (Å²) in [7, 11) is 0. The predicted molar refractivity (Wildman–Crippen MR) is 86.9 cm³/mol. The van der Waals surface area contributed by atoms with Gasteiger partial charge in [-0.05, 0) is 43.9 Å². The molecule has 0 saturated carbocycles. The molecule has 1 nitrogen and oxygen atoms in total. The van der Waals surface area contributed by atoms with Gasteiger partial charge in [-0.2, -0.15) is 0 Å². The van der Waals surface area contributed by atoms with E-state index in [0.29, 0.717) is 12.1 Å². The maximum Gasteiger partial charge on any atom is 0.0305 e. The van der Waals surface area contributed by atoms with Crippen molar-refractivity contribution in [3.63, 3.8) is 0 Å². The van der Waals surface area contributed by atoms with Crippen LogP contribution in [0.1, 0.15) is 52.1 Å². The molecule has 0 bridgehead atoms. The lowest BCUT2D eigenvalue weighted by Gasteiger charge is -2.23. The van der Waals surface area contributed by atoms with Crippen molar-refractivity contribution in [2.24, 2.45) is 5.92 Å². The SMILES string of the molecule is CCC(C)CC(C)NC(C)c1ccc(Br)cc1Br. The molecule has 0 heterocycles. The molecule has 0 aromatic heterocycles. The Morgan fingerprint density at radius 3 is 2.39 bits per heavy atom. The minimum Gasteiger partial charge on any atom is -0.308 e. The highest BCUT2D eigenvalue weighted by atomic mass is 79.9. The third-order valence-corrected chi connectivity index (χ3v) is 4.60. The van der Waals surface area contributed by atoms with Crippen LogP contribution in [0, 0.1) is 5.92 Å². The third-order valence-electron chi connectivity index (χ3n) is 3.42. The molecular formula is C15H23Br2N. The molecular weight excluding hydrogens is 354 g/mol. The summed E-state index contributed by atoms with van der Waals surface area (Å²) in [5.41, 5.74) is 1.31. The fourth-order valence-corrected chi connectivity index (χ4v) is 3.60. The fourth-order valence-electron chi connectivity index (χ4n) is 2.21. The quantitative estimate of drug-likeness (QED) is 0.672. The highest BCUT2D eigenvalue weighted by Crippen LogP contribution is 2.27. The second-order valence-corrected chi connectivity index (χ2v) is 6.97. The van der Waals surface area contributed by atoms with Crippen molar-refractivity contribution in [2.45, 2.75) is 52.6 Å². The molecule has 3 atom stereocenters. The Morgan fingerprint density at radius 1 is 1.17 bits per heavy atom. The third kappa shape index (κ3) is 5.02. The number of hydrogen-bond donors (Lipinski definition) is 1. The van der Waals surface area contributed by atoms with E-state index in [9.17, 15) is 0 Å². The molecule has 0 amide bonds. The van der Waals surface area contributed by atoms with Crippen molar-refractivity contribution in [3.8, 4) is 0 Å². The van der Waals surface area contributed by atoms with Gasteiger partial charge in [0.1, 0.15) is 0 Å². The molecule has 3 heteroatoms. The van der Waals surface area contributed by atoms with Gasteiger partial charge in [0.15, 0.2) is 0 Å². The predicted octanol–water partition coefficient (Wildman–Crippen LogP) is 5.69. The Kier molecular flexibility index (Phi) is 6.89. The Bertz CT molecular complexity index is 379. The summed E-state index contributed by atoms with van der Waals surface area (Å²) >= 11 is 7.12. The van der Waals surface area contributed by atoms with Crippen LogP contribution in [0.5, 0.6) is 0 Å². The number of halogens is 2. The van der Waals surface area contributed by atoms with Crippen LogP contribution in [0.4, 0.5) is 0 Å². The smallest absolute Gasteiger partial charge is 0.0305 e. The van der Waals surface area contributed by atoms with E-state index in [0.717, 1.165) is 14.9 Å². The van der Waals surface area contributed by atoms with Crippen molar-refractivity contribution >= 4 is 31.9 Å². The Balaban J connectivity index is 2.61. The van der Waals surface area contributed by atoms with E-state index in [1.165, 1.54) is 18.4 Å². The molecule has 0 aliphatic carbocycles. The van der Waals surface area contributed by atoms with E-state index in [1.807, 2.05) is 0 Å². The van der Waals surface area contributed by atoms with Crippen LogP contribution >= 0.6 is 31.9 Å². The summed E-state index contributed by atoms with van der Waals surface area (Å²) in [4.78, 5) is 0. The van der Waals surface area contributed by atoms with Gasteiger partial charge in [0.05, 0.1) is 0 Å². The van der Waals surface area contributed by atoms with Crippen LogP contribution in [0.25, 0.3) is 0 Å². The summed E-state index contributed by atoms with van der Waals surface area (Å²) in [5.74, 6) is 0.785. The molecule has 0 aliphatic heterocycles. The first kappa shape index (κ1) is 16.2. The maximum absolute atomic E-state index is 3.68. The normalized spacial score (nSPS) is 16.3. The van der Waals surface area contributed by atoms with Crippen LogP contribution in [0.2, 0.25) is 0 Å². The van der Waals surface area contributed by atoms with Gasteiger partial charge in [-0.3, -0.25) is 0 Å². The topological polar surface area (TPSA) is 12.0 Å². The Hall–Kier alpha value is 0.140. The molecule has 0 radical (unpaired) electrons. The van der Waals surface area contributed by atoms with Crippen molar-refractivity contribution in [2.75, 3.05) is 0 Å². The van der Waals surface area contributed by atoms with E-state index in [1.54, 1.807) is 0 Å². The monoisotopic (exact) mass is 375 g/mol. The highest BCUT2D eigenvalue weighted by Gasteiger charge is 2.13.